The van der Waals surface area contributed by atoms with E-state index in [1.165, 1.54) is 25.8 Å². The second-order valence-corrected chi connectivity index (χ2v) is 7.29. The molecule has 0 saturated carbocycles. The van der Waals surface area contributed by atoms with E-state index < -0.39 is 0 Å². The number of nitrogens with one attached hydrogen (secondary N) is 1. The summed E-state index contributed by atoms with van der Waals surface area (Å²) in [6, 6.07) is 1.12. The molecule has 2 aliphatic rings. The quantitative estimate of drug-likeness (QED) is 0.855. The van der Waals surface area contributed by atoms with E-state index in [9.17, 15) is 4.79 Å². The van der Waals surface area contributed by atoms with Crippen molar-refractivity contribution in [2.24, 2.45) is 5.41 Å². The van der Waals surface area contributed by atoms with Crippen LogP contribution in [-0.4, -0.2) is 60.5 Å². The first-order chi connectivity index (χ1) is 9.42. The second kappa shape index (κ2) is 6.44. The molecule has 2 heterocycles. The van der Waals surface area contributed by atoms with E-state index in [4.69, 9.17) is 0 Å². The Morgan fingerprint density at radius 2 is 2.05 bits per heavy atom. The molecule has 0 aromatic rings. The Bertz CT molecular complexity index is 341. The largest absolute Gasteiger partial charge is 0.339 e. The monoisotopic (exact) mass is 281 g/mol. The van der Waals surface area contributed by atoms with Crippen LogP contribution in [0.25, 0.3) is 0 Å². The van der Waals surface area contributed by atoms with Gasteiger partial charge < -0.3 is 10.2 Å². The molecule has 116 valence electrons. The SMILES string of the molecule is CC(C)N1CCCCC1CN1CCNCC(C)(C)C1=O. The fraction of sp³-hybridized carbons (Fsp3) is 0.938. The molecule has 1 unspecified atom stereocenters. The molecule has 2 aliphatic heterocycles. The summed E-state index contributed by atoms with van der Waals surface area (Å²) >= 11 is 0. The Hall–Kier alpha value is -0.610. The minimum absolute atomic E-state index is 0.270. The van der Waals surface area contributed by atoms with Gasteiger partial charge in [-0.05, 0) is 47.1 Å². The van der Waals surface area contributed by atoms with E-state index in [1.807, 2.05) is 0 Å². The maximum absolute atomic E-state index is 12.7. The van der Waals surface area contributed by atoms with Crippen LogP contribution in [0.3, 0.4) is 0 Å². The van der Waals surface area contributed by atoms with Gasteiger partial charge >= 0.3 is 0 Å². The van der Waals surface area contributed by atoms with Crippen molar-refractivity contribution >= 4 is 5.91 Å². The van der Waals surface area contributed by atoms with E-state index in [2.05, 4.69) is 42.8 Å². The molecule has 4 heteroatoms. The van der Waals surface area contributed by atoms with Gasteiger partial charge in [-0.2, -0.15) is 0 Å². The van der Waals surface area contributed by atoms with Crippen LogP contribution in [0.4, 0.5) is 0 Å². The number of nitrogens with zero attached hydrogens (tertiary/aromatic N) is 2. The fourth-order valence-electron chi connectivity index (χ4n) is 3.55. The minimum Gasteiger partial charge on any atom is -0.339 e. The third-order valence-electron chi connectivity index (χ3n) is 4.76. The van der Waals surface area contributed by atoms with Crippen LogP contribution in [0.2, 0.25) is 0 Å². The molecule has 1 N–H and O–H groups in total. The predicted molar refractivity (Wildman–Crippen MR) is 82.7 cm³/mol. The van der Waals surface area contributed by atoms with E-state index in [0.717, 1.165) is 26.2 Å². The van der Waals surface area contributed by atoms with Crippen LogP contribution in [0.5, 0.6) is 0 Å². The first-order valence-corrected chi connectivity index (χ1v) is 8.17. The van der Waals surface area contributed by atoms with Crippen molar-refractivity contribution in [1.29, 1.82) is 0 Å². The number of carbonyl (C=O) groups is 1. The summed E-state index contributed by atoms with van der Waals surface area (Å²) in [6.07, 6.45) is 3.84. The Labute approximate surface area is 123 Å². The number of likely N-dealkylation sites (tertiary alicyclic amines) is 1. The van der Waals surface area contributed by atoms with E-state index in [0.29, 0.717) is 18.0 Å². The van der Waals surface area contributed by atoms with Crippen LogP contribution in [0.15, 0.2) is 0 Å². The maximum atomic E-state index is 12.7. The zero-order chi connectivity index (χ0) is 14.8. The average Bonchev–Trinajstić information content (AvgIpc) is 2.52. The summed E-state index contributed by atoms with van der Waals surface area (Å²) in [7, 11) is 0. The molecular formula is C16H31N3O. The van der Waals surface area contributed by atoms with E-state index >= 15 is 0 Å². The van der Waals surface area contributed by atoms with Crippen LogP contribution in [0.1, 0.15) is 47.0 Å². The zero-order valence-electron chi connectivity index (χ0n) is 13.6. The molecule has 2 rings (SSSR count). The van der Waals surface area contributed by atoms with Gasteiger partial charge in [0, 0.05) is 38.3 Å². The lowest BCUT2D eigenvalue weighted by Gasteiger charge is -2.41. The molecule has 0 aromatic carbocycles. The Morgan fingerprint density at radius 1 is 1.30 bits per heavy atom. The third kappa shape index (κ3) is 3.53. The normalized spacial score (nSPS) is 28.8. The molecule has 2 fully saturated rings. The van der Waals surface area contributed by atoms with Crippen molar-refractivity contribution in [2.75, 3.05) is 32.7 Å². The van der Waals surface area contributed by atoms with E-state index in [-0.39, 0.29) is 5.41 Å². The van der Waals surface area contributed by atoms with Crippen LogP contribution < -0.4 is 5.32 Å². The lowest BCUT2D eigenvalue weighted by atomic mass is 9.91. The van der Waals surface area contributed by atoms with Crippen LogP contribution in [-0.2, 0) is 4.79 Å². The van der Waals surface area contributed by atoms with Gasteiger partial charge in [-0.15, -0.1) is 0 Å². The van der Waals surface area contributed by atoms with Gasteiger partial charge in [0.2, 0.25) is 5.91 Å². The number of piperidine rings is 1. The topological polar surface area (TPSA) is 35.6 Å². The number of hydrogen-bond acceptors (Lipinski definition) is 3. The van der Waals surface area contributed by atoms with Crippen LogP contribution in [0, 0.1) is 5.41 Å². The van der Waals surface area contributed by atoms with Gasteiger partial charge in [-0.25, -0.2) is 0 Å². The standard InChI is InChI=1S/C16H31N3O/c1-13(2)19-9-6-5-7-14(19)11-18-10-8-17-12-16(3,4)15(18)20/h13-14,17H,5-12H2,1-4H3. The molecular weight excluding hydrogens is 250 g/mol. The average molecular weight is 281 g/mol. The molecule has 0 bridgehead atoms. The highest BCUT2D eigenvalue weighted by Crippen LogP contribution is 2.24. The maximum Gasteiger partial charge on any atom is 0.229 e. The van der Waals surface area contributed by atoms with Crippen molar-refractivity contribution in [3.8, 4) is 0 Å². The summed E-state index contributed by atoms with van der Waals surface area (Å²) in [5.74, 6) is 0.316. The zero-order valence-corrected chi connectivity index (χ0v) is 13.6. The van der Waals surface area contributed by atoms with Crippen molar-refractivity contribution in [3.05, 3.63) is 0 Å². The summed E-state index contributed by atoms with van der Waals surface area (Å²) < 4.78 is 0. The molecule has 0 aliphatic carbocycles. The summed E-state index contributed by atoms with van der Waals surface area (Å²) in [6.45, 7) is 13.3. The molecule has 20 heavy (non-hydrogen) atoms. The van der Waals surface area contributed by atoms with Crippen LogP contribution >= 0.6 is 0 Å². The highest BCUT2D eigenvalue weighted by molar-refractivity contribution is 5.82. The minimum atomic E-state index is -0.270. The molecule has 0 aromatic heterocycles. The third-order valence-corrected chi connectivity index (χ3v) is 4.76. The molecule has 1 amide bonds. The number of hydrogen-bond donors (Lipinski definition) is 1. The van der Waals surface area contributed by atoms with Crippen molar-refractivity contribution < 1.29 is 4.79 Å². The predicted octanol–water partition coefficient (Wildman–Crippen LogP) is 1.71. The summed E-state index contributed by atoms with van der Waals surface area (Å²) in [4.78, 5) is 17.4. The van der Waals surface area contributed by atoms with E-state index in [1.54, 1.807) is 0 Å². The van der Waals surface area contributed by atoms with Gasteiger partial charge in [0.1, 0.15) is 0 Å². The van der Waals surface area contributed by atoms with Gasteiger partial charge in [0.25, 0.3) is 0 Å². The number of rotatable bonds is 3. The van der Waals surface area contributed by atoms with Gasteiger partial charge in [-0.1, -0.05) is 6.42 Å². The Balaban J connectivity index is 2.04. The molecule has 0 radical (unpaired) electrons. The smallest absolute Gasteiger partial charge is 0.229 e. The first kappa shape index (κ1) is 15.8. The second-order valence-electron chi connectivity index (χ2n) is 7.29. The van der Waals surface area contributed by atoms with Gasteiger partial charge in [-0.3, -0.25) is 9.69 Å². The molecule has 0 spiro atoms. The molecule has 4 nitrogen and oxygen atoms in total. The molecule has 2 saturated heterocycles. The van der Waals surface area contributed by atoms with Crippen molar-refractivity contribution in [3.63, 3.8) is 0 Å². The summed E-state index contributed by atoms with van der Waals surface area (Å²) in [5, 5.41) is 3.39. The van der Waals surface area contributed by atoms with Crippen molar-refractivity contribution in [1.82, 2.24) is 15.1 Å². The van der Waals surface area contributed by atoms with Gasteiger partial charge in [0.15, 0.2) is 0 Å². The Morgan fingerprint density at radius 3 is 2.75 bits per heavy atom. The summed E-state index contributed by atoms with van der Waals surface area (Å²) in [5.41, 5.74) is -0.270. The number of amides is 1. The lowest BCUT2D eigenvalue weighted by Crippen LogP contribution is -2.52. The van der Waals surface area contributed by atoms with Crippen molar-refractivity contribution in [2.45, 2.75) is 59.0 Å². The number of carbonyl (C=O) groups excluding carboxylic acids is 1. The highest BCUT2D eigenvalue weighted by atomic mass is 16.2. The highest BCUT2D eigenvalue weighted by Gasteiger charge is 2.36. The lowest BCUT2D eigenvalue weighted by molar-refractivity contribution is -0.140. The van der Waals surface area contributed by atoms with Gasteiger partial charge in [0.05, 0.1) is 5.41 Å². The Kier molecular flexibility index (Phi) is 5.08. The molecule has 1 atom stereocenters. The first-order valence-electron chi connectivity index (χ1n) is 8.17. The fourth-order valence-corrected chi connectivity index (χ4v) is 3.55.